The molecule has 2 aliphatic heterocycles. The van der Waals surface area contributed by atoms with E-state index in [1.54, 1.807) is 0 Å². The maximum Gasteiger partial charge on any atom is 0.329 e. The van der Waals surface area contributed by atoms with E-state index < -0.39 is 5.97 Å². The molecule has 6 heteroatoms. The Bertz CT molecular complexity index is 319. The second-order valence-corrected chi connectivity index (χ2v) is 5.12. The smallest absolute Gasteiger partial charge is 0.329 e. The molecule has 6 nitrogen and oxygen atoms in total. The van der Waals surface area contributed by atoms with E-state index in [0.717, 1.165) is 19.4 Å². The highest BCUT2D eigenvalue weighted by Crippen LogP contribution is 2.19. The van der Waals surface area contributed by atoms with Crippen LogP contribution in [0.4, 0.5) is 0 Å². The third-order valence-electron chi connectivity index (χ3n) is 3.66. The van der Waals surface area contributed by atoms with E-state index in [0.29, 0.717) is 32.4 Å². The Hall–Kier alpha value is -1.14. The molecular formula is C13H21NO5. The van der Waals surface area contributed by atoms with E-state index in [1.807, 2.05) is 4.90 Å². The van der Waals surface area contributed by atoms with Gasteiger partial charge < -0.3 is 19.5 Å². The van der Waals surface area contributed by atoms with Crippen LogP contribution in [0.25, 0.3) is 0 Å². The molecule has 108 valence electrons. The second-order valence-electron chi connectivity index (χ2n) is 5.12. The molecule has 0 aromatic carbocycles. The highest BCUT2D eigenvalue weighted by atomic mass is 16.5. The standard InChI is InChI=1S/C13H21NO5/c15-12(8-11-2-1-7-18-11)14-5-3-10(4-6-14)19-9-13(16)17/h10-11H,1-9H2,(H,16,17). The topological polar surface area (TPSA) is 76.1 Å². The summed E-state index contributed by atoms with van der Waals surface area (Å²) in [5, 5.41) is 8.54. The van der Waals surface area contributed by atoms with Crippen molar-refractivity contribution in [1.29, 1.82) is 0 Å². The van der Waals surface area contributed by atoms with Crippen molar-refractivity contribution in [2.24, 2.45) is 0 Å². The molecule has 2 saturated heterocycles. The molecule has 0 bridgehead atoms. The first-order valence-corrected chi connectivity index (χ1v) is 6.88. The van der Waals surface area contributed by atoms with Crippen LogP contribution in [-0.2, 0) is 19.1 Å². The molecule has 0 radical (unpaired) electrons. The lowest BCUT2D eigenvalue weighted by Gasteiger charge is -2.32. The van der Waals surface area contributed by atoms with Gasteiger partial charge >= 0.3 is 5.97 Å². The van der Waals surface area contributed by atoms with Crippen molar-refractivity contribution in [3.8, 4) is 0 Å². The first-order chi connectivity index (χ1) is 9.15. The van der Waals surface area contributed by atoms with Gasteiger partial charge in [-0.2, -0.15) is 0 Å². The Morgan fingerprint density at radius 1 is 1.26 bits per heavy atom. The molecule has 1 N–H and O–H groups in total. The second kappa shape index (κ2) is 6.86. The van der Waals surface area contributed by atoms with Crippen LogP contribution in [-0.4, -0.2) is 60.4 Å². The summed E-state index contributed by atoms with van der Waals surface area (Å²) in [6.45, 7) is 1.81. The zero-order chi connectivity index (χ0) is 13.7. The molecule has 1 unspecified atom stereocenters. The molecule has 0 aromatic rings. The third-order valence-corrected chi connectivity index (χ3v) is 3.66. The molecule has 0 aliphatic carbocycles. The van der Waals surface area contributed by atoms with E-state index in [2.05, 4.69) is 0 Å². The first kappa shape index (κ1) is 14.3. The van der Waals surface area contributed by atoms with Crippen LogP contribution in [0.2, 0.25) is 0 Å². The average molecular weight is 271 g/mol. The minimum Gasteiger partial charge on any atom is -0.480 e. The highest BCUT2D eigenvalue weighted by Gasteiger charge is 2.26. The number of piperidine rings is 1. The molecule has 2 heterocycles. The molecule has 2 fully saturated rings. The van der Waals surface area contributed by atoms with Crippen LogP contribution < -0.4 is 0 Å². The van der Waals surface area contributed by atoms with Gasteiger partial charge in [-0.1, -0.05) is 0 Å². The summed E-state index contributed by atoms with van der Waals surface area (Å²) in [7, 11) is 0. The number of nitrogens with zero attached hydrogens (tertiary/aromatic N) is 1. The van der Waals surface area contributed by atoms with Crippen molar-refractivity contribution >= 4 is 11.9 Å². The fourth-order valence-electron chi connectivity index (χ4n) is 2.59. The van der Waals surface area contributed by atoms with Crippen LogP contribution in [0.3, 0.4) is 0 Å². The van der Waals surface area contributed by atoms with Crippen molar-refractivity contribution in [2.75, 3.05) is 26.3 Å². The summed E-state index contributed by atoms with van der Waals surface area (Å²) in [4.78, 5) is 24.3. The quantitative estimate of drug-likeness (QED) is 0.794. The van der Waals surface area contributed by atoms with Crippen LogP contribution in [0.5, 0.6) is 0 Å². The molecule has 0 aromatic heterocycles. The Morgan fingerprint density at radius 3 is 2.58 bits per heavy atom. The summed E-state index contributed by atoms with van der Waals surface area (Å²) >= 11 is 0. The molecule has 19 heavy (non-hydrogen) atoms. The van der Waals surface area contributed by atoms with Crippen LogP contribution in [0, 0.1) is 0 Å². The number of amides is 1. The molecule has 0 spiro atoms. The first-order valence-electron chi connectivity index (χ1n) is 6.88. The maximum absolute atomic E-state index is 12.0. The van der Waals surface area contributed by atoms with Crippen molar-refractivity contribution in [1.82, 2.24) is 4.90 Å². The van der Waals surface area contributed by atoms with Crippen molar-refractivity contribution in [2.45, 2.75) is 44.3 Å². The third kappa shape index (κ3) is 4.47. The number of hydrogen-bond acceptors (Lipinski definition) is 4. The predicted octanol–water partition coefficient (Wildman–Crippen LogP) is 0.648. The summed E-state index contributed by atoms with van der Waals surface area (Å²) in [5.74, 6) is -0.805. The van der Waals surface area contributed by atoms with E-state index >= 15 is 0 Å². The number of ether oxygens (including phenoxy) is 2. The zero-order valence-corrected chi connectivity index (χ0v) is 11.0. The number of carbonyl (C=O) groups excluding carboxylic acids is 1. The fraction of sp³-hybridized carbons (Fsp3) is 0.846. The van der Waals surface area contributed by atoms with Crippen LogP contribution >= 0.6 is 0 Å². The zero-order valence-electron chi connectivity index (χ0n) is 11.0. The molecule has 2 aliphatic rings. The van der Waals surface area contributed by atoms with E-state index in [9.17, 15) is 9.59 Å². The van der Waals surface area contributed by atoms with Gasteiger partial charge in [0, 0.05) is 19.7 Å². The predicted molar refractivity (Wildman–Crippen MR) is 66.8 cm³/mol. The monoisotopic (exact) mass is 271 g/mol. The highest BCUT2D eigenvalue weighted by molar-refractivity contribution is 5.76. The van der Waals surface area contributed by atoms with Gasteiger partial charge in [0.25, 0.3) is 0 Å². The number of aliphatic carboxylic acids is 1. The fourth-order valence-corrected chi connectivity index (χ4v) is 2.59. The Labute approximate surface area is 112 Å². The van der Waals surface area contributed by atoms with Gasteiger partial charge in [-0.05, 0) is 25.7 Å². The number of rotatable bonds is 5. The lowest BCUT2D eigenvalue weighted by Crippen LogP contribution is -2.42. The van der Waals surface area contributed by atoms with E-state index in [-0.39, 0.29) is 24.7 Å². The summed E-state index contributed by atoms with van der Waals surface area (Å²) in [6, 6.07) is 0. The van der Waals surface area contributed by atoms with Gasteiger partial charge in [-0.15, -0.1) is 0 Å². The number of carbonyl (C=O) groups is 2. The van der Waals surface area contributed by atoms with E-state index in [1.165, 1.54) is 0 Å². The number of hydrogen-bond donors (Lipinski definition) is 1. The normalized spacial score (nSPS) is 24.6. The molecule has 1 amide bonds. The van der Waals surface area contributed by atoms with Gasteiger partial charge in [-0.3, -0.25) is 4.79 Å². The summed E-state index contributed by atoms with van der Waals surface area (Å²) in [6.07, 6.45) is 3.97. The number of likely N-dealkylation sites (tertiary alicyclic amines) is 1. The molecule has 0 saturated carbocycles. The van der Waals surface area contributed by atoms with Crippen LogP contribution in [0.15, 0.2) is 0 Å². The van der Waals surface area contributed by atoms with Gasteiger partial charge in [0.1, 0.15) is 6.61 Å². The van der Waals surface area contributed by atoms with Crippen molar-refractivity contribution in [3.63, 3.8) is 0 Å². The maximum atomic E-state index is 12.0. The lowest BCUT2D eigenvalue weighted by molar-refractivity contribution is -0.147. The van der Waals surface area contributed by atoms with E-state index in [4.69, 9.17) is 14.6 Å². The van der Waals surface area contributed by atoms with Crippen LogP contribution in [0.1, 0.15) is 32.1 Å². The summed E-state index contributed by atoms with van der Waals surface area (Å²) < 4.78 is 10.7. The SMILES string of the molecule is O=C(O)COC1CCN(C(=O)CC2CCCO2)CC1. The molecule has 1 atom stereocenters. The Kier molecular flexibility index (Phi) is 5.15. The van der Waals surface area contributed by atoms with Gasteiger partial charge in [0.05, 0.1) is 18.6 Å². The van der Waals surface area contributed by atoms with Gasteiger partial charge in [-0.25, -0.2) is 4.79 Å². The van der Waals surface area contributed by atoms with Crippen molar-refractivity contribution in [3.05, 3.63) is 0 Å². The molecule has 2 rings (SSSR count). The van der Waals surface area contributed by atoms with Gasteiger partial charge in [0.15, 0.2) is 0 Å². The minimum absolute atomic E-state index is 0.0390. The summed E-state index contributed by atoms with van der Waals surface area (Å²) in [5.41, 5.74) is 0. The Balaban J connectivity index is 1.67. The number of carboxylic acids is 1. The molecular weight excluding hydrogens is 250 g/mol. The Morgan fingerprint density at radius 2 is 2.00 bits per heavy atom. The van der Waals surface area contributed by atoms with Gasteiger partial charge in [0.2, 0.25) is 5.91 Å². The average Bonchev–Trinajstić information content (AvgIpc) is 2.89. The largest absolute Gasteiger partial charge is 0.480 e. The minimum atomic E-state index is -0.947. The number of carboxylic acid groups (broad SMARTS) is 1. The van der Waals surface area contributed by atoms with Crippen molar-refractivity contribution < 1.29 is 24.2 Å². The lowest BCUT2D eigenvalue weighted by atomic mass is 10.1.